The summed E-state index contributed by atoms with van der Waals surface area (Å²) in [6.45, 7) is 8.04. The lowest BCUT2D eigenvalue weighted by molar-refractivity contribution is 0.0986. The fourth-order valence-corrected chi connectivity index (χ4v) is 2.68. The molecule has 0 aliphatic rings. The quantitative estimate of drug-likeness (QED) is 0.502. The second-order valence-electron chi connectivity index (χ2n) is 5.82. The van der Waals surface area contributed by atoms with Crippen LogP contribution in [0.15, 0.2) is 54.6 Å². The van der Waals surface area contributed by atoms with Crippen LogP contribution in [0.4, 0.5) is 5.69 Å². The molecule has 0 aliphatic heterocycles. The Hall–Kier alpha value is -2.68. The van der Waals surface area contributed by atoms with E-state index < -0.39 is 0 Å². The molecule has 0 bridgehead atoms. The lowest BCUT2D eigenvalue weighted by atomic mass is 10.0. The number of hydrogen-bond donors (Lipinski definition) is 0. The molecule has 0 saturated carbocycles. The Morgan fingerprint density at radius 3 is 1.92 bits per heavy atom. The summed E-state index contributed by atoms with van der Waals surface area (Å²) in [6.07, 6.45) is 3.86. The smallest absolute Gasteiger partial charge is 0.185 e. The molecule has 0 amide bonds. The van der Waals surface area contributed by atoms with Crippen molar-refractivity contribution in [2.75, 3.05) is 18.0 Å². The highest BCUT2D eigenvalue weighted by Gasteiger charge is 2.06. The Labute approximate surface area is 150 Å². The lowest BCUT2D eigenvalue weighted by Gasteiger charge is -2.20. The summed E-state index contributed by atoms with van der Waals surface area (Å²) in [7, 11) is 0. The highest BCUT2D eigenvalue weighted by molar-refractivity contribution is 6.07. The van der Waals surface area contributed by atoms with Crippen LogP contribution >= 0.6 is 0 Å². The number of allylic oxidation sites excluding steroid dienone is 1. The van der Waals surface area contributed by atoms with Gasteiger partial charge in [-0.1, -0.05) is 49.4 Å². The van der Waals surface area contributed by atoms with Crippen molar-refractivity contribution in [1.82, 2.24) is 0 Å². The number of Topliss-reactive ketones (excluding diaryl/α,β-unsaturated/α-hetero) is 1. The van der Waals surface area contributed by atoms with Gasteiger partial charge in [-0.25, -0.2) is 0 Å². The van der Waals surface area contributed by atoms with Crippen molar-refractivity contribution in [2.45, 2.75) is 27.2 Å². The summed E-state index contributed by atoms with van der Waals surface area (Å²) >= 11 is 0. The molecule has 0 spiro atoms. The molecule has 0 heterocycles. The first-order valence-corrected chi connectivity index (χ1v) is 8.79. The van der Waals surface area contributed by atoms with Crippen LogP contribution in [0.5, 0.6) is 0 Å². The first-order valence-electron chi connectivity index (χ1n) is 8.79. The van der Waals surface area contributed by atoms with E-state index in [9.17, 15) is 9.59 Å². The SMILES string of the molecule is CCC(=O)c1ccc(C(=O)/C=C/c2ccc(N(CC)CC)cc2)cc1. The first kappa shape index (κ1) is 18.7. The summed E-state index contributed by atoms with van der Waals surface area (Å²) in [5.41, 5.74) is 3.41. The number of carbonyl (C=O) groups is 2. The Morgan fingerprint density at radius 2 is 1.40 bits per heavy atom. The van der Waals surface area contributed by atoms with Crippen LogP contribution in [0.1, 0.15) is 53.5 Å². The molecule has 0 unspecified atom stereocenters. The minimum atomic E-state index is -0.0664. The van der Waals surface area contributed by atoms with Crippen LogP contribution < -0.4 is 4.90 Å². The molecule has 130 valence electrons. The van der Waals surface area contributed by atoms with Crippen molar-refractivity contribution in [2.24, 2.45) is 0 Å². The van der Waals surface area contributed by atoms with E-state index in [-0.39, 0.29) is 11.6 Å². The van der Waals surface area contributed by atoms with Crippen molar-refractivity contribution >= 4 is 23.3 Å². The van der Waals surface area contributed by atoms with Gasteiger partial charge in [-0.3, -0.25) is 9.59 Å². The largest absolute Gasteiger partial charge is 0.372 e. The summed E-state index contributed by atoms with van der Waals surface area (Å²) in [4.78, 5) is 26.2. The van der Waals surface area contributed by atoms with E-state index >= 15 is 0 Å². The average molecular weight is 335 g/mol. The molecule has 25 heavy (non-hydrogen) atoms. The van der Waals surface area contributed by atoms with E-state index in [2.05, 4.69) is 30.9 Å². The normalized spacial score (nSPS) is 10.8. The molecule has 3 nitrogen and oxygen atoms in total. The van der Waals surface area contributed by atoms with Crippen LogP contribution in [-0.4, -0.2) is 24.7 Å². The maximum atomic E-state index is 12.3. The molecule has 0 radical (unpaired) electrons. The van der Waals surface area contributed by atoms with Crippen LogP contribution in [-0.2, 0) is 0 Å². The third-order valence-electron chi connectivity index (χ3n) is 4.26. The monoisotopic (exact) mass is 335 g/mol. The average Bonchev–Trinajstić information content (AvgIpc) is 2.67. The van der Waals surface area contributed by atoms with Crippen molar-refractivity contribution in [3.05, 3.63) is 71.3 Å². The molecule has 0 aliphatic carbocycles. The minimum absolute atomic E-state index is 0.0664. The van der Waals surface area contributed by atoms with E-state index in [1.54, 1.807) is 30.3 Å². The minimum Gasteiger partial charge on any atom is -0.372 e. The number of ketones is 2. The highest BCUT2D eigenvalue weighted by atomic mass is 16.1. The van der Waals surface area contributed by atoms with Crippen molar-refractivity contribution in [1.29, 1.82) is 0 Å². The van der Waals surface area contributed by atoms with Crippen molar-refractivity contribution < 1.29 is 9.59 Å². The van der Waals surface area contributed by atoms with Gasteiger partial charge in [0, 0.05) is 36.3 Å². The van der Waals surface area contributed by atoms with Gasteiger partial charge in [-0.05, 0) is 37.6 Å². The van der Waals surface area contributed by atoms with Crippen LogP contribution in [0.2, 0.25) is 0 Å². The summed E-state index contributed by atoms with van der Waals surface area (Å²) < 4.78 is 0. The van der Waals surface area contributed by atoms with Crippen LogP contribution in [0.3, 0.4) is 0 Å². The highest BCUT2D eigenvalue weighted by Crippen LogP contribution is 2.16. The molecule has 0 aromatic heterocycles. The molecule has 2 rings (SSSR count). The maximum Gasteiger partial charge on any atom is 0.185 e. The molecule has 2 aromatic carbocycles. The summed E-state index contributed by atoms with van der Waals surface area (Å²) in [6, 6.07) is 15.0. The molecule has 0 atom stereocenters. The zero-order chi connectivity index (χ0) is 18.2. The second kappa shape index (κ2) is 8.97. The first-order chi connectivity index (χ1) is 12.1. The molecular formula is C22H25NO2. The Bertz CT molecular complexity index is 739. The number of anilines is 1. The zero-order valence-corrected chi connectivity index (χ0v) is 15.2. The predicted octanol–water partition coefficient (Wildman–Crippen LogP) is 5.02. The van der Waals surface area contributed by atoms with Gasteiger partial charge in [0.1, 0.15) is 0 Å². The Morgan fingerprint density at radius 1 is 0.840 bits per heavy atom. The fraction of sp³-hybridized carbons (Fsp3) is 0.273. The number of carbonyl (C=O) groups excluding carboxylic acids is 2. The number of hydrogen-bond acceptors (Lipinski definition) is 3. The number of benzene rings is 2. The van der Waals surface area contributed by atoms with Gasteiger partial charge < -0.3 is 4.90 Å². The van der Waals surface area contributed by atoms with Gasteiger partial charge in [0.15, 0.2) is 11.6 Å². The topological polar surface area (TPSA) is 37.4 Å². The lowest BCUT2D eigenvalue weighted by Crippen LogP contribution is -2.21. The fourth-order valence-electron chi connectivity index (χ4n) is 2.68. The number of rotatable bonds is 8. The van der Waals surface area contributed by atoms with Crippen LogP contribution in [0.25, 0.3) is 6.08 Å². The second-order valence-corrected chi connectivity index (χ2v) is 5.82. The van der Waals surface area contributed by atoms with E-state index in [1.165, 1.54) is 5.69 Å². The molecular weight excluding hydrogens is 310 g/mol. The Balaban J connectivity index is 2.05. The van der Waals surface area contributed by atoms with Crippen molar-refractivity contribution in [3.8, 4) is 0 Å². The zero-order valence-electron chi connectivity index (χ0n) is 15.2. The van der Waals surface area contributed by atoms with Gasteiger partial charge in [0.2, 0.25) is 0 Å². The van der Waals surface area contributed by atoms with Gasteiger partial charge >= 0.3 is 0 Å². The van der Waals surface area contributed by atoms with Gasteiger partial charge in [0.25, 0.3) is 0 Å². The molecule has 0 fully saturated rings. The van der Waals surface area contributed by atoms with Gasteiger partial charge in [-0.2, -0.15) is 0 Å². The van der Waals surface area contributed by atoms with E-state index in [0.717, 1.165) is 18.7 Å². The molecule has 2 aromatic rings. The molecule has 0 N–H and O–H groups in total. The Kier molecular flexibility index (Phi) is 6.70. The van der Waals surface area contributed by atoms with E-state index in [4.69, 9.17) is 0 Å². The predicted molar refractivity (Wildman–Crippen MR) is 104 cm³/mol. The standard InChI is InChI=1S/C22H25NO2/c1-4-21(24)18-10-12-19(13-11-18)22(25)16-9-17-7-14-20(15-8-17)23(5-2)6-3/h7-16H,4-6H2,1-3H3/b16-9+. The molecule has 0 saturated heterocycles. The van der Waals surface area contributed by atoms with Crippen LogP contribution in [0, 0.1) is 0 Å². The third kappa shape index (κ3) is 4.90. The summed E-state index contributed by atoms with van der Waals surface area (Å²) in [5.74, 6) is 0.0196. The van der Waals surface area contributed by atoms with Crippen molar-refractivity contribution in [3.63, 3.8) is 0 Å². The van der Waals surface area contributed by atoms with Gasteiger partial charge in [0.05, 0.1) is 0 Å². The van der Waals surface area contributed by atoms with Gasteiger partial charge in [-0.15, -0.1) is 0 Å². The maximum absolute atomic E-state index is 12.3. The number of nitrogens with zero attached hydrogens (tertiary/aromatic N) is 1. The van der Waals surface area contributed by atoms with E-state index in [1.807, 2.05) is 25.1 Å². The molecule has 3 heteroatoms. The summed E-state index contributed by atoms with van der Waals surface area (Å²) in [5, 5.41) is 0. The van der Waals surface area contributed by atoms with E-state index in [0.29, 0.717) is 17.5 Å². The third-order valence-corrected chi connectivity index (χ3v) is 4.26.